The van der Waals surface area contributed by atoms with Gasteiger partial charge in [-0.25, -0.2) is 0 Å². The zero-order valence-corrected chi connectivity index (χ0v) is 20.8. The van der Waals surface area contributed by atoms with Crippen LogP contribution in [0.25, 0.3) is 0 Å². The highest BCUT2D eigenvalue weighted by Gasteiger charge is 2.32. The second-order valence-corrected chi connectivity index (χ2v) is 10.4. The van der Waals surface area contributed by atoms with Crippen molar-refractivity contribution in [2.45, 2.75) is 94.2 Å². The molecule has 2 amide bonds. The first kappa shape index (κ1) is 25.8. The molecule has 1 atom stereocenters. The summed E-state index contributed by atoms with van der Waals surface area (Å²) in [6.07, 6.45) is 13.2. The zero-order chi connectivity index (χ0) is 23.5. The van der Waals surface area contributed by atoms with Crippen molar-refractivity contribution in [3.63, 3.8) is 0 Å². The lowest BCUT2D eigenvalue weighted by Crippen LogP contribution is -2.37. The molecule has 33 heavy (non-hydrogen) atoms. The lowest BCUT2D eigenvalue weighted by Gasteiger charge is -2.22. The van der Waals surface area contributed by atoms with Crippen molar-refractivity contribution < 1.29 is 14.4 Å². The van der Waals surface area contributed by atoms with Gasteiger partial charge < -0.3 is 20.3 Å². The Morgan fingerprint density at radius 2 is 1.94 bits per heavy atom. The Bertz CT molecular complexity index is 795. The largest absolute Gasteiger partial charge is 0.359 e. The fourth-order valence-corrected chi connectivity index (χ4v) is 5.74. The first-order valence-electron chi connectivity index (χ1n) is 12.6. The van der Waals surface area contributed by atoms with Crippen LogP contribution in [0.15, 0.2) is 23.1 Å². The van der Waals surface area contributed by atoms with Gasteiger partial charge in [0.1, 0.15) is 6.29 Å². The number of unbranched alkanes of at least 4 members (excludes halogenated alkanes) is 4. The molecule has 0 radical (unpaired) electrons. The van der Waals surface area contributed by atoms with Gasteiger partial charge in [0.15, 0.2) is 0 Å². The summed E-state index contributed by atoms with van der Waals surface area (Å²) in [6.45, 7) is 1.61. The standard InChI is InChI=1S/C26H39N3O3S/c1-27-25(31)14-11-22(19-30)29-18-20-17-23(12-13-24(20)26(29)32)33-16-8-4-2-3-7-15-28-21-9-5-6-10-21/h12-13,17,19,21-22,28H,2-11,14-16,18H2,1H3,(H,27,31). The van der Waals surface area contributed by atoms with E-state index in [0.717, 1.165) is 23.6 Å². The molecule has 0 saturated heterocycles. The number of benzene rings is 1. The molecule has 0 spiro atoms. The SMILES string of the molecule is CNC(=O)CCC(C=O)N1Cc2cc(SCCCCCCCNC3CCCC3)ccc2C1=O. The molecule has 2 aliphatic rings. The van der Waals surface area contributed by atoms with Crippen LogP contribution in [0.4, 0.5) is 0 Å². The van der Waals surface area contributed by atoms with Crippen LogP contribution in [0, 0.1) is 0 Å². The van der Waals surface area contributed by atoms with Crippen LogP contribution in [-0.2, 0) is 16.1 Å². The lowest BCUT2D eigenvalue weighted by atomic mass is 10.1. The maximum Gasteiger partial charge on any atom is 0.255 e. The van der Waals surface area contributed by atoms with Gasteiger partial charge in [-0.3, -0.25) is 9.59 Å². The number of fused-ring (bicyclic) bond motifs is 1. The number of aldehydes is 1. The molecule has 1 aliphatic carbocycles. The van der Waals surface area contributed by atoms with E-state index < -0.39 is 6.04 Å². The molecule has 7 heteroatoms. The van der Waals surface area contributed by atoms with E-state index in [0.29, 0.717) is 18.5 Å². The minimum atomic E-state index is -0.563. The van der Waals surface area contributed by atoms with Crippen molar-refractivity contribution in [2.24, 2.45) is 0 Å². The minimum absolute atomic E-state index is 0.113. The average Bonchev–Trinajstić information content (AvgIpc) is 3.46. The van der Waals surface area contributed by atoms with Gasteiger partial charge in [0.05, 0.1) is 6.04 Å². The molecule has 3 rings (SSSR count). The third-order valence-electron chi connectivity index (χ3n) is 6.79. The summed E-state index contributed by atoms with van der Waals surface area (Å²) in [4.78, 5) is 38.6. The summed E-state index contributed by atoms with van der Waals surface area (Å²) in [7, 11) is 1.57. The number of hydrogen-bond donors (Lipinski definition) is 2. The van der Waals surface area contributed by atoms with Gasteiger partial charge in [0, 0.05) is 36.5 Å². The number of nitrogens with one attached hydrogen (secondary N) is 2. The van der Waals surface area contributed by atoms with E-state index in [2.05, 4.69) is 16.7 Å². The molecular formula is C26H39N3O3S. The number of carbonyl (C=O) groups is 3. The van der Waals surface area contributed by atoms with Crippen molar-refractivity contribution in [1.82, 2.24) is 15.5 Å². The second kappa shape index (κ2) is 13.8. The number of amides is 2. The molecule has 2 N–H and O–H groups in total. The van der Waals surface area contributed by atoms with Crippen LogP contribution in [0.5, 0.6) is 0 Å². The van der Waals surface area contributed by atoms with Crippen LogP contribution < -0.4 is 10.6 Å². The van der Waals surface area contributed by atoms with E-state index in [-0.39, 0.29) is 18.2 Å². The third-order valence-corrected chi connectivity index (χ3v) is 7.87. The number of thioether (sulfide) groups is 1. The summed E-state index contributed by atoms with van der Waals surface area (Å²) in [6, 6.07) is 6.21. The van der Waals surface area contributed by atoms with Gasteiger partial charge in [-0.05, 0) is 68.2 Å². The number of rotatable bonds is 15. The van der Waals surface area contributed by atoms with Crippen LogP contribution in [-0.4, -0.2) is 54.4 Å². The van der Waals surface area contributed by atoms with Crippen molar-refractivity contribution >= 4 is 29.9 Å². The molecule has 6 nitrogen and oxygen atoms in total. The Morgan fingerprint density at radius 1 is 1.18 bits per heavy atom. The van der Waals surface area contributed by atoms with E-state index in [4.69, 9.17) is 0 Å². The van der Waals surface area contributed by atoms with E-state index in [1.807, 2.05) is 23.9 Å². The van der Waals surface area contributed by atoms with E-state index in [1.54, 1.807) is 11.9 Å². The van der Waals surface area contributed by atoms with Crippen LogP contribution in [0.3, 0.4) is 0 Å². The van der Waals surface area contributed by atoms with Crippen LogP contribution in [0.1, 0.15) is 86.6 Å². The monoisotopic (exact) mass is 473 g/mol. The Balaban J connectivity index is 1.33. The molecule has 1 aliphatic heterocycles. The Kier molecular flexibility index (Phi) is 10.7. The molecular weight excluding hydrogens is 434 g/mol. The summed E-state index contributed by atoms with van der Waals surface area (Å²) >= 11 is 1.84. The topological polar surface area (TPSA) is 78.5 Å². The van der Waals surface area contributed by atoms with E-state index in [1.165, 1.54) is 69.2 Å². The zero-order valence-electron chi connectivity index (χ0n) is 19.9. The number of nitrogens with zero attached hydrogens (tertiary/aromatic N) is 1. The minimum Gasteiger partial charge on any atom is -0.359 e. The molecule has 1 unspecified atom stereocenters. The predicted octanol–water partition coefficient (Wildman–Crippen LogP) is 4.31. The molecule has 0 aromatic heterocycles. The predicted molar refractivity (Wildman–Crippen MR) is 134 cm³/mol. The smallest absolute Gasteiger partial charge is 0.255 e. The van der Waals surface area contributed by atoms with Crippen molar-refractivity contribution in [1.29, 1.82) is 0 Å². The Morgan fingerprint density at radius 3 is 2.70 bits per heavy atom. The molecule has 1 heterocycles. The Labute approximate surface area is 202 Å². The fourth-order valence-electron chi connectivity index (χ4n) is 4.76. The van der Waals surface area contributed by atoms with E-state index in [9.17, 15) is 14.4 Å². The fraction of sp³-hybridized carbons (Fsp3) is 0.654. The molecule has 1 saturated carbocycles. The highest BCUT2D eigenvalue weighted by molar-refractivity contribution is 7.99. The first-order valence-corrected chi connectivity index (χ1v) is 13.6. The van der Waals surface area contributed by atoms with Gasteiger partial charge >= 0.3 is 0 Å². The first-order chi connectivity index (χ1) is 16.1. The summed E-state index contributed by atoms with van der Waals surface area (Å²) in [5, 5.41) is 6.25. The number of hydrogen-bond acceptors (Lipinski definition) is 5. The molecule has 0 bridgehead atoms. The van der Waals surface area contributed by atoms with Gasteiger partial charge in [-0.15, -0.1) is 11.8 Å². The molecule has 1 aromatic carbocycles. The summed E-state index contributed by atoms with van der Waals surface area (Å²) in [5.41, 5.74) is 1.66. The molecule has 182 valence electrons. The van der Waals surface area contributed by atoms with Gasteiger partial charge in [0.25, 0.3) is 5.91 Å². The molecule has 1 aromatic rings. The quantitative estimate of drug-likeness (QED) is 0.225. The lowest BCUT2D eigenvalue weighted by molar-refractivity contribution is -0.121. The Hall–Kier alpha value is -1.86. The van der Waals surface area contributed by atoms with Gasteiger partial charge in [-0.1, -0.05) is 32.1 Å². The van der Waals surface area contributed by atoms with E-state index >= 15 is 0 Å². The maximum absolute atomic E-state index is 12.8. The third kappa shape index (κ3) is 7.85. The summed E-state index contributed by atoms with van der Waals surface area (Å²) < 4.78 is 0. The highest BCUT2D eigenvalue weighted by Crippen LogP contribution is 2.30. The van der Waals surface area contributed by atoms with Crippen LogP contribution >= 0.6 is 11.8 Å². The van der Waals surface area contributed by atoms with Crippen molar-refractivity contribution in [3.05, 3.63) is 29.3 Å². The van der Waals surface area contributed by atoms with Gasteiger partial charge in [0.2, 0.25) is 5.91 Å². The summed E-state index contributed by atoms with van der Waals surface area (Å²) in [5.74, 6) is 0.850. The van der Waals surface area contributed by atoms with Crippen molar-refractivity contribution in [3.8, 4) is 0 Å². The second-order valence-electron chi connectivity index (χ2n) is 9.22. The highest BCUT2D eigenvalue weighted by atomic mass is 32.2. The van der Waals surface area contributed by atoms with Gasteiger partial charge in [-0.2, -0.15) is 0 Å². The maximum atomic E-state index is 12.8. The van der Waals surface area contributed by atoms with Crippen LogP contribution in [0.2, 0.25) is 0 Å². The van der Waals surface area contributed by atoms with Crippen molar-refractivity contribution in [2.75, 3.05) is 19.3 Å². The average molecular weight is 474 g/mol. The molecule has 1 fully saturated rings. The normalized spacial score (nSPS) is 16.8. The number of carbonyl (C=O) groups excluding carboxylic acids is 3.